The van der Waals surface area contributed by atoms with Gasteiger partial charge in [-0.15, -0.1) is 0 Å². The molecule has 5 rings (SSSR count). The average molecular weight is 508 g/mol. The minimum Gasteiger partial charge on any atom is -0.410 e. The molecular weight excluding hydrogens is 482 g/mol. The van der Waals surface area contributed by atoms with Crippen LogP contribution in [0.25, 0.3) is 11.2 Å². The van der Waals surface area contributed by atoms with E-state index < -0.39 is 36.5 Å². The molecule has 2 fully saturated rings. The molecule has 13 nitrogen and oxygen atoms in total. The molecule has 1 saturated carbocycles. The van der Waals surface area contributed by atoms with E-state index in [1.807, 2.05) is 6.07 Å². The Balaban J connectivity index is 1.31. The number of anilines is 1. The summed E-state index contributed by atoms with van der Waals surface area (Å²) < 4.78 is 12.3. The van der Waals surface area contributed by atoms with E-state index in [9.17, 15) is 19.8 Å². The van der Waals surface area contributed by atoms with E-state index in [0.29, 0.717) is 5.75 Å². The lowest BCUT2D eigenvalue weighted by molar-refractivity contribution is -0.137. The zero-order valence-corrected chi connectivity index (χ0v) is 19.8. The highest BCUT2D eigenvalue weighted by atomic mass is 16.6. The van der Waals surface area contributed by atoms with Crippen molar-refractivity contribution in [3.05, 3.63) is 42.5 Å². The van der Waals surface area contributed by atoms with E-state index >= 15 is 0 Å². The van der Waals surface area contributed by atoms with Crippen LogP contribution in [0.2, 0.25) is 0 Å². The van der Waals surface area contributed by atoms with Crippen molar-refractivity contribution in [1.29, 1.82) is 0 Å². The molecule has 1 saturated heterocycles. The second-order valence-corrected chi connectivity index (χ2v) is 8.81. The van der Waals surface area contributed by atoms with Gasteiger partial charge < -0.3 is 30.7 Å². The third-order valence-electron chi connectivity index (χ3n) is 5.92. The van der Waals surface area contributed by atoms with Gasteiger partial charge in [0.05, 0.1) is 12.9 Å². The highest BCUT2D eigenvalue weighted by molar-refractivity contribution is 5.83. The van der Waals surface area contributed by atoms with Crippen LogP contribution < -0.4 is 15.8 Å². The van der Waals surface area contributed by atoms with Crippen molar-refractivity contribution < 1.29 is 29.3 Å². The minimum atomic E-state index is -1.44. The van der Waals surface area contributed by atoms with Crippen molar-refractivity contribution in [3.63, 3.8) is 0 Å². The predicted octanol–water partition coefficient (Wildman–Crippen LogP) is -0.211. The van der Waals surface area contributed by atoms with Crippen molar-refractivity contribution in [2.75, 3.05) is 19.3 Å². The van der Waals surface area contributed by atoms with Gasteiger partial charge in [0.1, 0.15) is 23.5 Å². The van der Waals surface area contributed by atoms with E-state index in [1.54, 1.807) is 24.3 Å². The Bertz CT molecular complexity index is 1380. The number of aromatic nitrogens is 4. The maximum Gasteiger partial charge on any atom is 0.415 e. The van der Waals surface area contributed by atoms with Crippen LogP contribution >= 0.6 is 0 Å². The fourth-order valence-electron chi connectivity index (χ4n) is 3.77. The molecule has 4 atom stereocenters. The Kier molecular flexibility index (Phi) is 6.62. The van der Waals surface area contributed by atoms with E-state index in [2.05, 4.69) is 32.1 Å². The van der Waals surface area contributed by atoms with Crippen LogP contribution in [0.3, 0.4) is 0 Å². The summed E-state index contributed by atoms with van der Waals surface area (Å²) in [6.07, 6.45) is -2.74. The molecule has 1 aliphatic heterocycles. The quantitative estimate of drug-likeness (QED) is 0.338. The number of aliphatic hydroxyl groups is 2. The number of aliphatic hydroxyl groups excluding tert-OH is 2. The number of nitrogens with two attached hydrogens (primary N) is 1. The molecule has 1 aromatic carbocycles. The van der Waals surface area contributed by atoms with Crippen LogP contribution in [-0.4, -0.2) is 84.6 Å². The standard InChI is InChI=1S/C24H25N7O6/c1-30(24(35)36-14-6-3-2-4-7-14)11-5-8-15-28-20(25)16-21(29-15)31(12-26-16)23-18(33)17(32)19(37-23)22(34)27-13-9-10-13/h2-4,6-7,12-13,17-19,23,32-33H,9-11H2,1H3,(H,27,34)(H2,25,28,29)/t17?,18?,19-,23+/m0/s1. The lowest BCUT2D eigenvalue weighted by Crippen LogP contribution is -2.43. The van der Waals surface area contributed by atoms with E-state index in [-0.39, 0.29) is 35.4 Å². The second-order valence-electron chi connectivity index (χ2n) is 8.81. The second kappa shape index (κ2) is 10.0. The van der Waals surface area contributed by atoms with Gasteiger partial charge in [0.25, 0.3) is 5.91 Å². The lowest BCUT2D eigenvalue weighted by Gasteiger charge is -2.16. The molecule has 13 heteroatoms. The summed E-state index contributed by atoms with van der Waals surface area (Å²) in [5.41, 5.74) is 6.48. The maximum absolute atomic E-state index is 12.4. The summed E-state index contributed by atoms with van der Waals surface area (Å²) in [7, 11) is 1.54. The number of nitrogens with one attached hydrogen (secondary N) is 1. The molecule has 2 unspecified atom stereocenters. The van der Waals surface area contributed by atoms with Crippen LogP contribution in [-0.2, 0) is 9.53 Å². The summed E-state index contributed by atoms with van der Waals surface area (Å²) in [6.45, 7) is 0.0284. The van der Waals surface area contributed by atoms with Crippen molar-refractivity contribution >= 4 is 29.0 Å². The largest absolute Gasteiger partial charge is 0.415 e. The zero-order chi connectivity index (χ0) is 26.1. The molecule has 2 amide bonds. The molecular formula is C24H25N7O6. The lowest BCUT2D eigenvalue weighted by atomic mass is 10.1. The molecule has 2 aromatic heterocycles. The van der Waals surface area contributed by atoms with Crippen LogP contribution in [0, 0.1) is 11.8 Å². The van der Waals surface area contributed by atoms with Gasteiger partial charge in [-0.3, -0.25) is 14.3 Å². The fraction of sp³-hybridized carbons (Fsp3) is 0.375. The van der Waals surface area contributed by atoms with Crippen molar-refractivity contribution in [1.82, 2.24) is 29.7 Å². The molecule has 2 aliphatic rings. The van der Waals surface area contributed by atoms with Gasteiger partial charge >= 0.3 is 6.09 Å². The summed E-state index contributed by atoms with van der Waals surface area (Å²) in [4.78, 5) is 38.6. The van der Waals surface area contributed by atoms with Gasteiger partial charge in [0.15, 0.2) is 23.8 Å². The molecule has 3 heterocycles. The number of carbonyl (C=O) groups excluding carboxylic acids is 2. The first-order valence-corrected chi connectivity index (χ1v) is 11.6. The highest BCUT2D eigenvalue weighted by Crippen LogP contribution is 2.33. The highest BCUT2D eigenvalue weighted by Gasteiger charge is 2.48. The van der Waals surface area contributed by atoms with Crippen molar-refractivity contribution in [2.24, 2.45) is 0 Å². The Hall–Kier alpha value is -4.25. The topological polar surface area (TPSA) is 178 Å². The number of carbonyl (C=O) groups is 2. The van der Waals surface area contributed by atoms with Gasteiger partial charge in [-0.05, 0) is 30.9 Å². The molecule has 0 spiro atoms. The summed E-state index contributed by atoms with van der Waals surface area (Å²) in [5.74, 6) is 5.56. The van der Waals surface area contributed by atoms with E-state index in [0.717, 1.165) is 12.8 Å². The predicted molar refractivity (Wildman–Crippen MR) is 129 cm³/mol. The monoisotopic (exact) mass is 507 g/mol. The first kappa shape index (κ1) is 24.4. The summed E-state index contributed by atoms with van der Waals surface area (Å²) in [6, 6.07) is 8.72. The van der Waals surface area contributed by atoms with Gasteiger partial charge in [-0.1, -0.05) is 24.1 Å². The van der Waals surface area contributed by atoms with Crippen molar-refractivity contribution in [3.8, 4) is 17.6 Å². The Morgan fingerprint density at radius 1 is 1.24 bits per heavy atom. The number of fused-ring (bicyclic) bond motifs is 1. The SMILES string of the molecule is CN(CC#Cc1nc(N)c2ncn([C@@H]3O[C@H](C(=O)NC4CC4)C(O)C3O)c2n1)C(=O)Oc1ccccc1. The summed E-state index contributed by atoms with van der Waals surface area (Å²) in [5, 5.41) is 23.8. The first-order valence-electron chi connectivity index (χ1n) is 11.6. The molecule has 37 heavy (non-hydrogen) atoms. The van der Waals surface area contributed by atoms with E-state index in [1.165, 1.54) is 22.8 Å². The normalized spacial score (nSPS) is 22.8. The third-order valence-corrected chi connectivity index (χ3v) is 5.92. The van der Waals surface area contributed by atoms with Gasteiger partial charge in [0, 0.05) is 13.1 Å². The number of para-hydroxylation sites is 1. The molecule has 192 valence electrons. The Labute approximate surface area is 211 Å². The average Bonchev–Trinajstić information content (AvgIpc) is 3.52. The zero-order valence-electron chi connectivity index (χ0n) is 19.8. The fourth-order valence-corrected chi connectivity index (χ4v) is 3.77. The smallest absolute Gasteiger partial charge is 0.410 e. The maximum atomic E-state index is 12.4. The van der Waals surface area contributed by atoms with Gasteiger partial charge in [-0.2, -0.15) is 0 Å². The molecule has 0 bridgehead atoms. The van der Waals surface area contributed by atoms with Crippen LogP contribution in [0.1, 0.15) is 24.9 Å². The van der Waals surface area contributed by atoms with Crippen LogP contribution in [0.4, 0.5) is 10.6 Å². The number of hydrogen-bond acceptors (Lipinski definition) is 10. The number of nitrogens with zero attached hydrogens (tertiary/aromatic N) is 5. The number of rotatable bonds is 5. The minimum absolute atomic E-state index is 0.0284. The number of amides is 2. The van der Waals surface area contributed by atoms with E-state index in [4.69, 9.17) is 15.2 Å². The number of imidazole rings is 1. The first-order chi connectivity index (χ1) is 17.8. The number of nitrogen functional groups attached to an aromatic ring is 1. The molecule has 0 radical (unpaired) electrons. The van der Waals surface area contributed by atoms with Crippen LogP contribution in [0.15, 0.2) is 36.7 Å². The molecule has 1 aliphatic carbocycles. The van der Waals surface area contributed by atoms with Crippen LogP contribution in [0.5, 0.6) is 5.75 Å². The third kappa shape index (κ3) is 5.17. The van der Waals surface area contributed by atoms with Gasteiger partial charge in [0.2, 0.25) is 5.82 Å². The number of ether oxygens (including phenoxy) is 2. The molecule has 3 aromatic rings. The number of benzene rings is 1. The molecule has 5 N–H and O–H groups in total. The number of hydrogen-bond donors (Lipinski definition) is 4. The van der Waals surface area contributed by atoms with Gasteiger partial charge in [-0.25, -0.2) is 19.7 Å². The Morgan fingerprint density at radius 3 is 2.73 bits per heavy atom. The van der Waals surface area contributed by atoms with Crippen molar-refractivity contribution in [2.45, 2.75) is 43.4 Å². The Morgan fingerprint density at radius 2 is 2.00 bits per heavy atom. The summed E-state index contributed by atoms with van der Waals surface area (Å²) >= 11 is 0.